The highest BCUT2D eigenvalue weighted by molar-refractivity contribution is 7.15. The topological polar surface area (TPSA) is 48.4 Å². The Morgan fingerprint density at radius 1 is 1.37 bits per heavy atom. The molecule has 0 aliphatic carbocycles. The number of rotatable bonds is 5. The molecule has 0 fully saturated rings. The standard InChI is InChI=1S/C13H12ClNO3S/c1-17-10-4-2-9(3-5-10)8-18-12(16)6-11-7-15-13(14)19-11/h2-5,7H,6,8H2,1H3. The van der Waals surface area contributed by atoms with Gasteiger partial charge in [-0.15, -0.1) is 11.3 Å². The summed E-state index contributed by atoms with van der Waals surface area (Å²) in [6.07, 6.45) is 1.78. The minimum atomic E-state index is -0.295. The molecule has 1 heterocycles. The Labute approximate surface area is 120 Å². The van der Waals surface area contributed by atoms with Gasteiger partial charge in [-0.05, 0) is 17.7 Å². The number of benzene rings is 1. The number of carbonyl (C=O) groups is 1. The van der Waals surface area contributed by atoms with Gasteiger partial charge in [-0.3, -0.25) is 4.79 Å². The van der Waals surface area contributed by atoms with Crippen molar-refractivity contribution in [2.75, 3.05) is 7.11 Å². The Morgan fingerprint density at radius 2 is 2.11 bits per heavy atom. The fourth-order valence-electron chi connectivity index (χ4n) is 1.44. The van der Waals surface area contributed by atoms with Gasteiger partial charge in [0.2, 0.25) is 0 Å². The predicted octanol–water partition coefficient (Wildman–Crippen LogP) is 3.09. The quantitative estimate of drug-likeness (QED) is 0.796. The molecule has 0 atom stereocenters. The third kappa shape index (κ3) is 4.22. The molecule has 1 aromatic heterocycles. The largest absolute Gasteiger partial charge is 0.497 e. The molecule has 19 heavy (non-hydrogen) atoms. The van der Waals surface area contributed by atoms with Gasteiger partial charge >= 0.3 is 5.97 Å². The molecular weight excluding hydrogens is 286 g/mol. The first-order valence-corrected chi connectivity index (χ1v) is 6.75. The molecule has 0 radical (unpaired) electrons. The van der Waals surface area contributed by atoms with Crippen LogP contribution in [0.25, 0.3) is 0 Å². The summed E-state index contributed by atoms with van der Waals surface area (Å²) in [7, 11) is 1.61. The summed E-state index contributed by atoms with van der Waals surface area (Å²) in [6, 6.07) is 7.36. The highest BCUT2D eigenvalue weighted by Gasteiger charge is 2.08. The zero-order valence-electron chi connectivity index (χ0n) is 10.3. The molecule has 0 saturated carbocycles. The maximum absolute atomic E-state index is 11.6. The highest BCUT2D eigenvalue weighted by Crippen LogP contribution is 2.18. The van der Waals surface area contributed by atoms with Crippen LogP contribution < -0.4 is 4.74 Å². The Balaban J connectivity index is 1.82. The third-order valence-electron chi connectivity index (χ3n) is 2.40. The summed E-state index contributed by atoms with van der Waals surface area (Å²) in [4.78, 5) is 16.3. The molecule has 2 aromatic rings. The van der Waals surface area contributed by atoms with E-state index in [0.717, 1.165) is 16.2 Å². The van der Waals surface area contributed by atoms with Gasteiger partial charge in [-0.2, -0.15) is 0 Å². The molecule has 0 aliphatic rings. The number of esters is 1. The Bertz CT molecular complexity index is 553. The van der Waals surface area contributed by atoms with Crippen molar-refractivity contribution in [2.24, 2.45) is 0 Å². The van der Waals surface area contributed by atoms with E-state index in [9.17, 15) is 4.79 Å². The average Bonchev–Trinajstić information content (AvgIpc) is 2.82. The van der Waals surface area contributed by atoms with Crippen LogP contribution in [0.5, 0.6) is 5.75 Å². The van der Waals surface area contributed by atoms with Gasteiger partial charge in [-0.25, -0.2) is 4.98 Å². The molecule has 0 amide bonds. The lowest BCUT2D eigenvalue weighted by Crippen LogP contribution is -2.07. The van der Waals surface area contributed by atoms with Crippen molar-refractivity contribution < 1.29 is 14.3 Å². The number of aromatic nitrogens is 1. The number of nitrogens with zero attached hydrogens (tertiary/aromatic N) is 1. The van der Waals surface area contributed by atoms with Crippen molar-refractivity contribution in [3.8, 4) is 5.75 Å². The van der Waals surface area contributed by atoms with Gasteiger partial charge < -0.3 is 9.47 Å². The number of hydrogen-bond donors (Lipinski definition) is 0. The summed E-state index contributed by atoms with van der Waals surface area (Å²) >= 11 is 6.97. The molecular formula is C13H12ClNO3S. The first-order chi connectivity index (χ1) is 9.17. The van der Waals surface area contributed by atoms with Crippen LogP contribution in [0.1, 0.15) is 10.4 Å². The van der Waals surface area contributed by atoms with E-state index in [1.807, 2.05) is 24.3 Å². The van der Waals surface area contributed by atoms with Crippen molar-refractivity contribution in [3.63, 3.8) is 0 Å². The maximum Gasteiger partial charge on any atom is 0.311 e. The van der Waals surface area contributed by atoms with Crippen LogP contribution >= 0.6 is 22.9 Å². The second kappa shape index (κ2) is 6.54. The number of hydrogen-bond acceptors (Lipinski definition) is 5. The summed E-state index contributed by atoms with van der Waals surface area (Å²) < 4.78 is 10.6. The molecule has 0 saturated heterocycles. The minimum Gasteiger partial charge on any atom is -0.497 e. The van der Waals surface area contributed by atoms with Crippen LogP contribution in [-0.4, -0.2) is 18.1 Å². The lowest BCUT2D eigenvalue weighted by molar-refractivity contribution is -0.144. The van der Waals surface area contributed by atoms with E-state index in [0.29, 0.717) is 4.47 Å². The zero-order chi connectivity index (χ0) is 13.7. The van der Waals surface area contributed by atoms with Crippen molar-refractivity contribution in [1.29, 1.82) is 0 Å². The van der Waals surface area contributed by atoms with E-state index in [1.54, 1.807) is 13.3 Å². The number of carbonyl (C=O) groups excluding carboxylic acids is 1. The SMILES string of the molecule is COc1ccc(COC(=O)Cc2cnc(Cl)s2)cc1. The van der Waals surface area contributed by atoms with Crippen LogP contribution in [-0.2, 0) is 22.6 Å². The lowest BCUT2D eigenvalue weighted by Gasteiger charge is -2.05. The number of ether oxygens (including phenoxy) is 2. The minimum absolute atomic E-state index is 0.195. The molecule has 100 valence electrons. The molecule has 6 heteroatoms. The Kier molecular flexibility index (Phi) is 4.76. The third-order valence-corrected chi connectivity index (χ3v) is 3.52. The van der Waals surface area contributed by atoms with Gasteiger partial charge in [0.05, 0.1) is 13.5 Å². The van der Waals surface area contributed by atoms with E-state index in [1.165, 1.54) is 11.3 Å². The number of thiazole rings is 1. The van der Waals surface area contributed by atoms with E-state index in [4.69, 9.17) is 21.1 Å². The summed E-state index contributed by atoms with van der Waals surface area (Å²) in [5.74, 6) is 0.477. The summed E-state index contributed by atoms with van der Waals surface area (Å²) in [5, 5.41) is 0. The van der Waals surface area contributed by atoms with Gasteiger partial charge in [0.25, 0.3) is 0 Å². The van der Waals surface area contributed by atoms with Gasteiger partial charge in [0, 0.05) is 11.1 Å². The lowest BCUT2D eigenvalue weighted by atomic mass is 10.2. The fourth-order valence-corrected chi connectivity index (χ4v) is 2.41. The monoisotopic (exact) mass is 297 g/mol. The molecule has 0 aliphatic heterocycles. The van der Waals surface area contributed by atoms with Gasteiger partial charge in [0.1, 0.15) is 12.4 Å². The summed E-state index contributed by atoms with van der Waals surface area (Å²) in [5.41, 5.74) is 0.913. The van der Waals surface area contributed by atoms with Gasteiger partial charge in [-0.1, -0.05) is 23.7 Å². The highest BCUT2D eigenvalue weighted by atomic mass is 35.5. The van der Waals surface area contributed by atoms with Crippen LogP contribution in [0, 0.1) is 0 Å². The van der Waals surface area contributed by atoms with Crippen LogP contribution in [0.15, 0.2) is 30.5 Å². The van der Waals surface area contributed by atoms with Crippen LogP contribution in [0.3, 0.4) is 0 Å². The maximum atomic E-state index is 11.6. The average molecular weight is 298 g/mol. The second-order valence-corrected chi connectivity index (χ2v) is 5.46. The van der Waals surface area contributed by atoms with Crippen molar-refractivity contribution in [1.82, 2.24) is 4.98 Å². The Morgan fingerprint density at radius 3 is 2.68 bits per heavy atom. The van der Waals surface area contributed by atoms with Gasteiger partial charge in [0.15, 0.2) is 4.47 Å². The summed E-state index contributed by atoms with van der Waals surface area (Å²) in [6.45, 7) is 0.245. The second-order valence-electron chi connectivity index (χ2n) is 3.77. The van der Waals surface area contributed by atoms with E-state index in [2.05, 4.69) is 4.98 Å². The molecule has 4 nitrogen and oxygen atoms in total. The number of methoxy groups -OCH3 is 1. The van der Waals surface area contributed by atoms with Crippen LogP contribution in [0.4, 0.5) is 0 Å². The smallest absolute Gasteiger partial charge is 0.311 e. The van der Waals surface area contributed by atoms with Crippen LogP contribution in [0.2, 0.25) is 4.47 Å². The molecule has 0 unspecified atom stereocenters. The van der Waals surface area contributed by atoms with E-state index < -0.39 is 0 Å². The molecule has 2 rings (SSSR count). The fraction of sp³-hybridized carbons (Fsp3) is 0.231. The van der Waals surface area contributed by atoms with E-state index in [-0.39, 0.29) is 19.0 Å². The zero-order valence-corrected chi connectivity index (χ0v) is 11.8. The number of halogens is 1. The van der Waals surface area contributed by atoms with Crippen molar-refractivity contribution >= 4 is 28.9 Å². The first kappa shape index (κ1) is 13.8. The predicted molar refractivity (Wildman–Crippen MR) is 73.6 cm³/mol. The van der Waals surface area contributed by atoms with Crippen molar-refractivity contribution in [2.45, 2.75) is 13.0 Å². The van der Waals surface area contributed by atoms with E-state index >= 15 is 0 Å². The van der Waals surface area contributed by atoms with Crippen molar-refractivity contribution in [3.05, 3.63) is 45.4 Å². The normalized spacial score (nSPS) is 10.2. The molecule has 1 aromatic carbocycles. The Hall–Kier alpha value is -1.59. The molecule has 0 bridgehead atoms. The molecule has 0 spiro atoms. The first-order valence-electron chi connectivity index (χ1n) is 5.56. The molecule has 0 N–H and O–H groups in total.